The Labute approximate surface area is 247 Å². The lowest BCUT2D eigenvalue weighted by Gasteiger charge is -2.72. The lowest BCUT2D eigenvalue weighted by atomic mass is 9.32. The average molecular weight is 558 g/mol. The first-order valence-electron chi connectivity index (χ1n) is 16.1. The van der Waals surface area contributed by atoms with Crippen LogP contribution in [0.4, 0.5) is 0 Å². The zero-order valence-electron chi connectivity index (χ0n) is 26.2. The van der Waals surface area contributed by atoms with Crippen LogP contribution in [0.3, 0.4) is 0 Å². The van der Waals surface area contributed by atoms with Crippen molar-refractivity contribution < 1.29 is 14.7 Å². The van der Waals surface area contributed by atoms with Gasteiger partial charge < -0.3 is 10.8 Å². The third-order valence-electron chi connectivity index (χ3n) is 14.6. The molecule has 41 heavy (non-hydrogen) atoms. The van der Waals surface area contributed by atoms with Crippen LogP contribution in [0, 0.1) is 56.7 Å². The molecule has 0 aliphatic heterocycles. The number of carboxylic acid groups (broad SMARTS) is 1. The number of benzene rings is 1. The number of allylic oxidation sites excluding steroid dienone is 3. The van der Waals surface area contributed by atoms with Gasteiger partial charge in [-0.25, -0.2) is 4.79 Å². The van der Waals surface area contributed by atoms with E-state index in [2.05, 4.69) is 54.2 Å². The van der Waals surface area contributed by atoms with Gasteiger partial charge in [0.15, 0.2) is 0 Å². The fraction of sp³-hybridized carbons (Fsp3) is 0.676. The van der Waals surface area contributed by atoms with E-state index in [1.807, 2.05) is 12.1 Å². The van der Waals surface area contributed by atoms with Crippen molar-refractivity contribution in [3.05, 3.63) is 53.6 Å². The Bertz CT molecular complexity index is 1320. The molecule has 222 valence electrons. The molecule has 1 amide bonds. The van der Waals surface area contributed by atoms with Crippen LogP contribution in [-0.2, 0) is 4.79 Å². The number of aromatic carboxylic acids is 1. The van der Waals surface area contributed by atoms with Crippen LogP contribution in [0.2, 0.25) is 0 Å². The van der Waals surface area contributed by atoms with Gasteiger partial charge in [0.2, 0.25) is 5.91 Å². The number of carbonyl (C=O) groups is 2. The molecule has 4 heteroatoms. The summed E-state index contributed by atoms with van der Waals surface area (Å²) >= 11 is 0. The molecule has 0 saturated heterocycles. The largest absolute Gasteiger partial charge is 0.478 e. The molecule has 3 N–H and O–H groups in total. The highest BCUT2D eigenvalue weighted by Gasteiger charge is 2.71. The van der Waals surface area contributed by atoms with Crippen molar-refractivity contribution in [1.29, 1.82) is 0 Å². The maximum Gasteiger partial charge on any atom is 0.335 e. The molecule has 1 aromatic carbocycles. The number of fused-ring (bicyclic) bond motifs is 7. The summed E-state index contributed by atoms with van der Waals surface area (Å²) in [6.45, 7) is 19.3. The Morgan fingerprint density at radius 2 is 1.56 bits per heavy atom. The van der Waals surface area contributed by atoms with Gasteiger partial charge >= 0.3 is 5.97 Å². The Kier molecular flexibility index (Phi) is 6.36. The molecule has 9 atom stereocenters. The van der Waals surface area contributed by atoms with Crippen molar-refractivity contribution in [2.24, 2.45) is 62.4 Å². The summed E-state index contributed by atoms with van der Waals surface area (Å²) in [4.78, 5) is 24.6. The highest BCUT2D eigenvalue weighted by atomic mass is 16.4. The Balaban J connectivity index is 1.37. The highest BCUT2D eigenvalue weighted by Crippen LogP contribution is 2.77. The van der Waals surface area contributed by atoms with Crippen LogP contribution in [0.25, 0.3) is 5.57 Å². The van der Waals surface area contributed by atoms with Crippen LogP contribution < -0.4 is 5.73 Å². The van der Waals surface area contributed by atoms with E-state index in [0.717, 1.165) is 37.7 Å². The second kappa shape index (κ2) is 9.07. The van der Waals surface area contributed by atoms with Crippen molar-refractivity contribution in [3.63, 3.8) is 0 Å². The standard InChI is InChI=1S/C37H51NO3/c1-22(2)25-14-19-37(32(38)41)21-20-35(6)27(30(25)37)12-13-29-34(5)17-15-26(23-8-10-24(11-9-23)31(39)40)33(3,4)28(34)16-18-36(29,35)7/h8-11,15,25,27-30H,1,12-14,16-21H2,2-7H3,(H2,38,41)(H,39,40). The summed E-state index contributed by atoms with van der Waals surface area (Å²) < 4.78 is 0. The zero-order chi connectivity index (χ0) is 29.8. The molecule has 9 unspecified atom stereocenters. The third-order valence-corrected chi connectivity index (χ3v) is 14.6. The minimum absolute atomic E-state index is 0.00100. The van der Waals surface area contributed by atoms with Crippen LogP contribution in [0.1, 0.15) is 115 Å². The van der Waals surface area contributed by atoms with Gasteiger partial charge in [0.05, 0.1) is 11.0 Å². The molecule has 4 nitrogen and oxygen atoms in total. The molecule has 0 bridgehead atoms. The number of hydrogen-bond donors (Lipinski definition) is 2. The van der Waals surface area contributed by atoms with Crippen LogP contribution in [-0.4, -0.2) is 17.0 Å². The van der Waals surface area contributed by atoms with Gasteiger partial charge in [0, 0.05) is 0 Å². The average Bonchev–Trinajstić information content (AvgIpc) is 3.30. The molecule has 1 aromatic rings. The lowest BCUT2D eigenvalue weighted by molar-refractivity contribution is -0.224. The first-order valence-corrected chi connectivity index (χ1v) is 16.1. The Morgan fingerprint density at radius 1 is 0.878 bits per heavy atom. The predicted molar refractivity (Wildman–Crippen MR) is 165 cm³/mol. The molecule has 4 saturated carbocycles. The van der Waals surface area contributed by atoms with Crippen molar-refractivity contribution in [3.8, 4) is 0 Å². The number of nitrogens with two attached hydrogens (primary N) is 1. The first kappa shape index (κ1) is 28.7. The minimum Gasteiger partial charge on any atom is -0.478 e. The normalized spacial score (nSPS) is 44.4. The van der Waals surface area contributed by atoms with E-state index in [1.165, 1.54) is 36.8 Å². The van der Waals surface area contributed by atoms with Crippen LogP contribution in [0.5, 0.6) is 0 Å². The Hall–Kier alpha value is -2.36. The van der Waals surface area contributed by atoms with E-state index >= 15 is 0 Å². The van der Waals surface area contributed by atoms with E-state index < -0.39 is 5.97 Å². The molecule has 5 aliphatic rings. The maximum atomic E-state index is 13.1. The monoisotopic (exact) mass is 557 g/mol. The number of amides is 1. The molecule has 6 rings (SSSR count). The second-order valence-corrected chi connectivity index (χ2v) is 16.1. The molecular weight excluding hydrogens is 506 g/mol. The van der Waals surface area contributed by atoms with E-state index in [9.17, 15) is 14.7 Å². The second-order valence-electron chi connectivity index (χ2n) is 16.1. The smallest absolute Gasteiger partial charge is 0.335 e. The zero-order valence-corrected chi connectivity index (χ0v) is 26.2. The van der Waals surface area contributed by atoms with Gasteiger partial charge in [-0.05, 0) is 139 Å². The topological polar surface area (TPSA) is 80.4 Å². The van der Waals surface area contributed by atoms with E-state index in [0.29, 0.717) is 35.2 Å². The number of hydrogen-bond acceptors (Lipinski definition) is 2. The quantitative estimate of drug-likeness (QED) is 0.364. The fourth-order valence-electron chi connectivity index (χ4n) is 12.5. The highest BCUT2D eigenvalue weighted by molar-refractivity contribution is 5.88. The number of carboxylic acids is 1. The van der Waals surface area contributed by atoms with Gasteiger partial charge in [-0.1, -0.05) is 65.0 Å². The number of primary amides is 1. The fourth-order valence-corrected chi connectivity index (χ4v) is 12.5. The molecule has 0 radical (unpaired) electrons. The number of carbonyl (C=O) groups excluding carboxylic acids is 1. The van der Waals surface area contributed by atoms with Gasteiger partial charge in [0.1, 0.15) is 0 Å². The van der Waals surface area contributed by atoms with E-state index in [1.54, 1.807) is 12.1 Å². The van der Waals surface area contributed by atoms with Gasteiger partial charge in [-0.15, -0.1) is 0 Å². The summed E-state index contributed by atoms with van der Waals surface area (Å²) in [6.07, 6.45) is 12.5. The lowest BCUT2D eigenvalue weighted by Crippen LogP contribution is -2.66. The van der Waals surface area contributed by atoms with E-state index in [4.69, 9.17) is 5.73 Å². The molecule has 5 aliphatic carbocycles. The SMILES string of the molecule is C=C(C)C1CCC2(C(N)=O)CCC3(C)C(CCC4C5(C)CC=C(c6ccc(C(=O)O)cc6)C(C)(C)C5CCC43C)C12. The number of rotatable bonds is 4. The van der Waals surface area contributed by atoms with Crippen molar-refractivity contribution in [2.75, 3.05) is 0 Å². The van der Waals surface area contributed by atoms with Crippen molar-refractivity contribution >= 4 is 17.4 Å². The molecule has 0 aromatic heterocycles. The summed E-state index contributed by atoms with van der Waals surface area (Å²) in [6, 6.07) is 7.51. The summed E-state index contributed by atoms with van der Waals surface area (Å²) in [7, 11) is 0. The molecule has 0 heterocycles. The van der Waals surface area contributed by atoms with Crippen molar-refractivity contribution in [2.45, 2.75) is 99.3 Å². The van der Waals surface area contributed by atoms with Gasteiger partial charge in [0.25, 0.3) is 0 Å². The van der Waals surface area contributed by atoms with Crippen molar-refractivity contribution in [1.82, 2.24) is 0 Å². The van der Waals surface area contributed by atoms with Crippen LogP contribution in [0.15, 0.2) is 42.5 Å². The molecular formula is C37H51NO3. The molecule has 0 spiro atoms. The van der Waals surface area contributed by atoms with E-state index in [-0.39, 0.29) is 33.0 Å². The summed E-state index contributed by atoms with van der Waals surface area (Å²) in [5.41, 5.74) is 10.6. The van der Waals surface area contributed by atoms with Gasteiger partial charge in [-0.2, -0.15) is 0 Å². The first-order chi connectivity index (χ1) is 19.1. The van der Waals surface area contributed by atoms with Gasteiger partial charge in [-0.3, -0.25) is 4.79 Å². The third kappa shape index (κ3) is 3.64. The maximum absolute atomic E-state index is 13.1. The summed E-state index contributed by atoms with van der Waals surface area (Å²) in [5, 5.41) is 9.41. The predicted octanol–water partition coefficient (Wildman–Crippen LogP) is 8.52. The summed E-state index contributed by atoms with van der Waals surface area (Å²) in [5.74, 6) is 1.53. The van der Waals surface area contributed by atoms with Crippen LogP contribution >= 0.6 is 0 Å². The Morgan fingerprint density at radius 3 is 2.17 bits per heavy atom. The minimum atomic E-state index is -0.875. The molecule has 4 fully saturated rings.